The number of thiazole rings is 1. The molecule has 0 spiro atoms. The second-order valence-corrected chi connectivity index (χ2v) is 7.70. The Kier molecular flexibility index (Phi) is 4.74. The van der Waals surface area contributed by atoms with Gasteiger partial charge in [0.1, 0.15) is 18.2 Å². The maximum Gasteiger partial charge on any atom is 0.123 e. The number of nitrogens with zero attached hydrogens (tertiary/aromatic N) is 2. The molecule has 3 nitrogen and oxygen atoms in total. The summed E-state index contributed by atoms with van der Waals surface area (Å²) in [4.78, 5) is 8.07. The number of hydrogen-bond acceptors (Lipinski definition) is 4. The Hall–Kier alpha value is -2.24. The summed E-state index contributed by atoms with van der Waals surface area (Å²) in [5, 5.41) is 0. The van der Waals surface area contributed by atoms with Crippen LogP contribution in [0.2, 0.25) is 0 Å². The summed E-state index contributed by atoms with van der Waals surface area (Å²) in [5.41, 5.74) is 6.03. The highest BCUT2D eigenvalue weighted by atomic mass is 32.1. The molecule has 0 aliphatic carbocycles. The number of aromatic nitrogens is 1. The highest BCUT2D eigenvalue weighted by Gasteiger charge is 2.23. The molecule has 1 aliphatic heterocycles. The van der Waals surface area contributed by atoms with Crippen molar-refractivity contribution in [2.75, 3.05) is 6.61 Å². The van der Waals surface area contributed by atoms with E-state index in [4.69, 9.17) is 4.74 Å². The van der Waals surface area contributed by atoms with Gasteiger partial charge in [-0.15, -0.1) is 11.3 Å². The fourth-order valence-corrected chi connectivity index (χ4v) is 4.06. The van der Waals surface area contributed by atoms with Crippen LogP contribution in [0.5, 0.6) is 5.75 Å². The summed E-state index contributed by atoms with van der Waals surface area (Å²) in [5.74, 6) is 0.699. The number of fused-ring (bicyclic) bond motifs is 1. The van der Waals surface area contributed by atoms with Gasteiger partial charge in [0.15, 0.2) is 0 Å². The van der Waals surface area contributed by atoms with Crippen molar-refractivity contribution in [3.05, 3.63) is 69.9 Å². The number of ether oxygens (including phenoxy) is 1. The molecular weight excluding hydrogens is 347 g/mol. The summed E-state index contributed by atoms with van der Waals surface area (Å²) < 4.78 is 19.6. The third kappa shape index (κ3) is 3.50. The van der Waals surface area contributed by atoms with E-state index in [-0.39, 0.29) is 5.82 Å². The standard InChI is InChI=1S/C21H21FN2OS/c1-14-12-25-20-7-6-17(16-4-3-5-19(22)9-16)8-18(20)10-24(14)11-21-15(2)23-13-26-21/h3-9,13-14H,10-12H2,1-2H3. The van der Waals surface area contributed by atoms with Crippen molar-refractivity contribution in [1.29, 1.82) is 0 Å². The normalized spacial score (nSPS) is 17.4. The van der Waals surface area contributed by atoms with Crippen molar-refractivity contribution in [3.8, 4) is 16.9 Å². The van der Waals surface area contributed by atoms with E-state index < -0.39 is 0 Å². The maximum absolute atomic E-state index is 13.6. The predicted molar refractivity (Wildman–Crippen MR) is 103 cm³/mol. The summed E-state index contributed by atoms with van der Waals surface area (Å²) in [6.07, 6.45) is 0. The van der Waals surface area contributed by atoms with Crippen molar-refractivity contribution in [2.45, 2.75) is 33.0 Å². The van der Waals surface area contributed by atoms with Crippen LogP contribution >= 0.6 is 11.3 Å². The van der Waals surface area contributed by atoms with Gasteiger partial charge >= 0.3 is 0 Å². The van der Waals surface area contributed by atoms with Crippen molar-refractivity contribution < 1.29 is 9.13 Å². The summed E-state index contributed by atoms with van der Waals surface area (Å²) in [6, 6.07) is 13.1. The van der Waals surface area contributed by atoms with Crippen LogP contribution in [0.1, 0.15) is 23.1 Å². The number of rotatable bonds is 3. The lowest BCUT2D eigenvalue weighted by atomic mass is 10.0. The lowest BCUT2D eigenvalue weighted by Gasteiger charge is -2.25. The van der Waals surface area contributed by atoms with Gasteiger partial charge in [-0.2, -0.15) is 0 Å². The minimum Gasteiger partial charge on any atom is -0.492 e. The first kappa shape index (κ1) is 17.2. The van der Waals surface area contributed by atoms with Crippen LogP contribution in [0, 0.1) is 12.7 Å². The zero-order chi connectivity index (χ0) is 18.1. The third-order valence-corrected chi connectivity index (χ3v) is 5.81. The molecule has 0 N–H and O–H groups in total. The molecule has 0 saturated heterocycles. The predicted octanol–water partition coefficient (Wildman–Crippen LogP) is 5.04. The van der Waals surface area contributed by atoms with Crippen LogP contribution in [-0.4, -0.2) is 22.5 Å². The zero-order valence-electron chi connectivity index (χ0n) is 14.9. The van der Waals surface area contributed by atoms with Crippen molar-refractivity contribution >= 4 is 11.3 Å². The molecular formula is C21H21FN2OS. The average molecular weight is 368 g/mol. The lowest BCUT2D eigenvalue weighted by molar-refractivity contribution is 0.152. The van der Waals surface area contributed by atoms with Gasteiger partial charge in [-0.05, 0) is 49.2 Å². The van der Waals surface area contributed by atoms with Crippen LogP contribution in [0.3, 0.4) is 0 Å². The molecule has 134 valence electrons. The second-order valence-electron chi connectivity index (χ2n) is 6.76. The Bertz CT molecular complexity index is 924. The van der Waals surface area contributed by atoms with Crippen molar-refractivity contribution in [3.63, 3.8) is 0 Å². The molecule has 4 rings (SSSR count). The molecule has 26 heavy (non-hydrogen) atoms. The third-order valence-electron chi connectivity index (χ3n) is 4.89. The summed E-state index contributed by atoms with van der Waals surface area (Å²) >= 11 is 1.70. The molecule has 5 heteroatoms. The largest absolute Gasteiger partial charge is 0.492 e. The van der Waals surface area contributed by atoms with Crippen LogP contribution in [-0.2, 0) is 13.1 Å². The van der Waals surface area contributed by atoms with Gasteiger partial charge in [0.2, 0.25) is 0 Å². The van der Waals surface area contributed by atoms with Gasteiger partial charge in [0, 0.05) is 29.6 Å². The summed E-state index contributed by atoms with van der Waals surface area (Å²) in [6.45, 7) is 6.57. The first-order valence-electron chi connectivity index (χ1n) is 8.75. The first-order chi connectivity index (χ1) is 12.6. The van der Waals surface area contributed by atoms with E-state index in [1.165, 1.54) is 10.9 Å². The highest BCUT2D eigenvalue weighted by molar-refractivity contribution is 7.09. The SMILES string of the molecule is Cc1ncsc1CN1Cc2cc(-c3cccc(F)c3)ccc2OCC1C. The highest BCUT2D eigenvalue weighted by Crippen LogP contribution is 2.31. The fourth-order valence-electron chi connectivity index (χ4n) is 3.26. The van der Waals surface area contributed by atoms with Gasteiger partial charge in [-0.1, -0.05) is 18.2 Å². The van der Waals surface area contributed by atoms with Gasteiger partial charge in [-0.3, -0.25) is 4.90 Å². The topological polar surface area (TPSA) is 25.4 Å². The molecule has 2 heterocycles. The van der Waals surface area contributed by atoms with E-state index in [1.807, 2.05) is 23.7 Å². The first-order valence-corrected chi connectivity index (χ1v) is 9.63. The molecule has 0 radical (unpaired) electrons. The molecule has 0 bridgehead atoms. The van der Waals surface area contributed by atoms with Crippen LogP contribution < -0.4 is 4.74 Å². The molecule has 1 aliphatic rings. The molecule has 0 fully saturated rings. The maximum atomic E-state index is 13.6. The molecule has 1 aromatic heterocycles. The van der Waals surface area contributed by atoms with Crippen LogP contribution in [0.25, 0.3) is 11.1 Å². The van der Waals surface area contributed by atoms with Crippen LogP contribution in [0.15, 0.2) is 48.0 Å². The minimum atomic E-state index is -0.218. The van der Waals surface area contributed by atoms with E-state index in [0.29, 0.717) is 12.6 Å². The number of hydrogen-bond donors (Lipinski definition) is 0. The monoisotopic (exact) mass is 368 g/mol. The van der Waals surface area contributed by atoms with Crippen molar-refractivity contribution in [1.82, 2.24) is 9.88 Å². The van der Waals surface area contributed by atoms with E-state index in [2.05, 4.69) is 29.8 Å². The smallest absolute Gasteiger partial charge is 0.123 e. The molecule has 1 atom stereocenters. The zero-order valence-corrected chi connectivity index (χ0v) is 15.7. The van der Waals surface area contributed by atoms with E-state index in [1.54, 1.807) is 23.5 Å². The number of aryl methyl sites for hydroxylation is 1. The number of halogens is 1. The second kappa shape index (κ2) is 7.17. The molecule has 0 amide bonds. The van der Waals surface area contributed by atoms with E-state index in [0.717, 1.165) is 41.2 Å². The van der Waals surface area contributed by atoms with Gasteiger partial charge in [0.25, 0.3) is 0 Å². The Labute approximate surface area is 157 Å². The van der Waals surface area contributed by atoms with E-state index >= 15 is 0 Å². The summed E-state index contributed by atoms with van der Waals surface area (Å²) in [7, 11) is 0. The molecule has 0 saturated carbocycles. The molecule has 3 aromatic rings. The Morgan fingerprint density at radius 1 is 1.23 bits per heavy atom. The van der Waals surface area contributed by atoms with Crippen LogP contribution in [0.4, 0.5) is 4.39 Å². The van der Waals surface area contributed by atoms with E-state index in [9.17, 15) is 4.39 Å². The van der Waals surface area contributed by atoms with Gasteiger partial charge in [-0.25, -0.2) is 9.37 Å². The van der Waals surface area contributed by atoms with Gasteiger partial charge in [0.05, 0.1) is 11.2 Å². The Morgan fingerprint density at radius 3 is 2.85 bits per heavy atom. The quantitative estimate of drug-likeness (QED) is 0.647. The Balaban J connectivity index is 1.64. The van der Waals surface area contributed by atoms with Crippen molar-refractivity contribution in [2.24, 2.45) is 0 Å². The van der Waals surface area contributed by atoms with Gasteiger partial charge < -0.3 is 4.74 Å². The number of benzene rings is 2. The average Bonchev–Trinajstić information content (AvgIpc) is 2.96. The fraction of sp³-hybridized carbons (Fsp3) is 0.286. The lowest BCUT2D eigenvalue weighted by Crippen LogP contribution is -2.34. The molecule has 1 unspecified atom stereocenters. The molecule has 2 aromatic carbocycles. The Morgan fingerprint density at radius 2 is 2.08 bits per heavy atom. The minimum absolute atomic E-state index is 0.218.